The number of carbonyl (C=O) groups excluding carboxylic acids is 1. The van der Waals surface area contributed by atoms with E-state index in [4.69, 9.17) is 4.74 Å². The highest BCUT2D eigenvalue weighted by Crippen LogP contribution is 2.25. The van der Waals surface area contributed by atoms with E-state index in [1.54, 1.807) is 24.4 Å². The standard InChI is InChI=1S/C21H25FN4O2.ClH/c1-3-5-10-24-21(27)28-16-6-7-20-15(13-16)9-12-26(20)25-19(4-2)17-8-11-23-14-18(17)22;/h6-9,11-14,19,25H,3-5,10H2,1-2H3,(H,24,27);1H. The lowest BCUT2D eigenvalue weighted by Gasteiger charge is -2.20. The van der Waals surface area contributed by atoms with Gasteiger partial charge in [-0.1, -0.05) is 20.3 Å². The van der Waals surface area contributed by atoms with E-state index in [2.05, 4.69) is 22.7 Å². The summed E-state index contributed by atoms with van der Waals surface area (Å²) in [5.74, 6) is 0.148. The Hall–Kier alpha value is -2.80. The zero-order chi connectivity index (χ0) is 19.9. The van der Waals surface area contributed by atoms with Crippen LogP contribution in [0.2, 0.25) is 0 Å². The van der Waals surface area contributed by atoms with Crippen molar-refractivity contribution in [1.29, 1.82) is 0 Å². The van der Waals surface area contributed by atoms with Crippen molar-refractivity contribution in [1.82, 2.24) is 15.0 Å². The van der Waals surface area contributed by atoms with Crippen molar-refractivity contribution in [2.24, 2.45) is 0 Å². The molecule has 0 spiro atoms. The van der Waals surface area contributed by atoms with Gasteiger partial charge in [-0.3, -0.25) is 9.66 Å². The van der Waals surface area contributed by atoms with Crippen LogP contribution in [0.3, 0.4) is 0 Å². The number of pyridine rings is 1. The molecule has 3 aromatic rings. The molecule has 156 valence electrons. The van der Waals surface area contributed by atoms with E-state index in [0.29, 0.717) is 24.3 Å². The van der Waals surface area contributed by atoms with E-state index in [1.807, 2.05) is 29.9 Å². The van der Waals surface area contributed by atoms with Gasteiger partial charge in [0.05, 0.1) is 17.8 Å². The number of amides is 1. The van der Waals surface area contributed by atoms with Gasteiger partial charge in [-0.25, -0.2) is 9.18 Å². The molecule has 0 aliphatic heterocycles. The maximum atomic E-state index is 14.1. The molecule has 6 nitrogen and oxygen atoms in total. The minimum Gasteiger partial charge on any atom is -0.410 e. The van der Waals surface area contributed by atoms with Crippen molar-refractivity contribution in [3.8, 4) is 5.75 Å². The van der Waals surface area contributed by atoms with Gasteiger partial charge in [-0.2, -0.15) is 0 Å². The SMILES string of the molecule is CCCCNC(=O)Oc1ccc2c(ccn2NC(CC)c2ccncc2F)c1.Cl. The highest BCUT2D eigenvalue weighted by Gasteiger charge is 2.15. The molecule has 0 bridgehead atoms. The number of hydrogen-bond acceptors (Lipinski definition) is 4. The minimum absolute atomic E-state index is 0. The van der Waals surface area contributed by atoms with Crippen LogP contribution in [-0.4, -0.2) is 22.3 Å². The van der Waals surface area contributed by atoms with Gasteiger partial charge in [0.15, 0.2) is 0 Å². The summed E-state index contributed by atoms with van der Waals surface area (Å²) in [4.78, 5) is 15.6. The van der Waals surface area contributed by atoms with Crippen LogP contribution in [0.15, 0.2) is 48.9 Å². The van der Waals surface area contributed by atoms with E-state index < -0.39 is 6.09 Å². The van der Waals surface area contributed by atoms with Crippen LogP contribution in [-0.2, 0) is 0 Å². The first kappa shape index (κ1) is 22.5. The third-order valence-corrected chi connectivity index (χ3v) is 4.55. The number of hydrogen-bond donors (Lipinski definition) is 2. The number of rotatable bonds is 8. The first-order valence-corrected chi connectivity index (χ1v) is 9.55. The second-order valence-electron chi connectivity index (χ2n) is 6.56. The topological polar surface area (TPSA) is 68.2 Å². The number of unbranched alkanes of at least 4 members (excludes halogenated alkanes) is 1. The third kappa shape index (κ3) is 5.60. The molecule has 0 aliphatic carbocycles. The number of fused-ring (bicyclic) bond motifs is 1. The second-order valence-corrected chi connectivity index (χ2v) is 6.56. The Bertz CT molecular complexity index is 947. The summed E-state index contributed by atoms with van der Waals surface area (Å²) in [7, 11) is 0. The lowest BCUT2D eigenvalue weighted by atomic mass is 10.1. The highest BCUT2D eigenvalue weighted by molar-refractivity contribution is 5.85. The van der Waals surface area contributed by atoms with Gasteiger partial charge >= 0.3 is 6.09 Å². The molecule has 3 rings (SSSR count). The summed E-state index contributed by atoms with van der Waals surface area (Å²) in [6, 6.07) is 8.82. The van der Waals surface area contributed by atoms with Gasteiger partial charge in [0, 0.05) is 29.9 Å². The van der Waals surface area contributed by atoms with Gasteiger partial charge in [0.1, 0.15) is 11.6 Å². The molecule has 0 saturated heterocycles. The van der Waals surface area contributed by atoms with E-state index in [9.17, 15) is 9.18 Å². The molecule has 1 unspecified atom stereocenters. The number of nitrogens with zero attached hydrogens (tertiary/aromatic N) is 2. The Morgan fingerprint density at radius 3 is 2.83 bits per heavy atom. The van der Waals surface area contributed by atoms with Crippen LogP contribution in [0.25, 0.3) is 10.9 Å². The average molecular weight is 421 g/mol. The molecule has 0 aliphatic rings. The highest BCUT2D eigenvalue weighted by atomic mass is 35.5. The summed E-state index contributed by atoms with van der Waals surface area (Å²) in [5, 5.41) is 3.64. The number of ether oxygens (including phenoxy) is 1. The van der Waals surface area contributed by atoms with Crippen LogP contribution >= 0.6 is 12.4 Å². The van der Waals surface area contributed by atoms with Crippen LogP contribution in [0.5, 0.6) is 5.75 Å². The van der Waals surface area contributed by atoms with Crippen molar-refractivity contribution in [2.45, 2.75) is 39.2 Å². The molecule has 1 aromatic carbocycles. The van der Waals surface area contributed by atoms with Gasteiger partial charge in [0.25, 0.3) is 0 Å². The molecule has 0 radical (unpaired) electrons. The maximum Gasteiger partial charge on any atom is 0.412 e. The molecule has 0 saturated carbocycles. The molecule has 2 heterocycles. The Morgan fingerprint density at radius 1 is 1.28 bits per heavy atom. The normalized spacial score (nSPS) is 11.6. The lowest BCUT2D eigenvalue weighted by Crippen LogP contribution is -2.27. The summed E-state index contributed by atoms with van der Waals surface area (Å²) in [6.45, 7) is 4.65. The Labute approximate surface area is 175 Å². The Morgan fingerprint density at radius 2 is 2.10 bits per heavy atom. The van der Waals surface area contributed by atoms with Crippen LogP contribution in [0.4, 0.5) is 9.18 Å². The number of nitrogens with one attached hydrogen (secondary N) is 2. The quantitative estimate of drug-likeness (QED) is 0.492. The van der Waals surface area contributed by atoms with Crippen molar-refractivity contribution >= 4 is 29.4 Å². The third-order valence-electron chi connectivity index (χ3n) is 4.55. The maximum absolute atomic E-state index is 14.1. The average Bonchev–Trinajstić information content (AvgIpc) is 3.09. The summed E-state index contributed by atoms with van der Waals surface area (Å²) < 4.78 is 21.3. The predicted molar refractivity (Wildman–Crippen MR) is 115 cm³/mol. The number of aromatic nitrogens is 2. The number of carbonyl (C=O) groups is 1. The summed E-state index contributed by atoms with van der Waals surface area (Å²) in [6.07, 6.45) is 6.87. The fourth-order valence-corrected chi connectivity index (χ4v) is 3.02. The van der Waals surface area contributed by atoms with Crippen molar-refractivity contribution in [3.63, 3.8) is 0 Å². The van der Waals surface area contributed by atoms with E-state index in [1.165, 1.54) is 6.20 Å². The first-order valence-electron chi connectivity index (χ1n) is 9.55. The van der Waals surface area contributed by atoms with E-state index >= 15 is 0 Å². The van der Waals surface area contributed by atoms with Gasteiger partial charge < -0.3 is 15.5 Å². The van der Waals surface area contributed by atoms with Crippen molar-refractivity contribution in [2.75, 3.05) is 12.0 Å². The molecular weight excluding hydrogens is 395 g/mol. The smallest absolute Gasteiger partial charge is 0.410 e. The van der Waals surface area contributed by atoms with Gasteiger partial charge in [-0.05, 0) is 43.2 Å². The van der Waals surface area contributed by atoms with Gasteiger partial charge in [-0.15, -0.1) is 12.4 Å². The fraction of sp³-hybridized carbons (Fsp3) is 0.333. The van der Waals surface area contributed by atoms with Crippen LogP contribution < -0.4 is 15.5 Å². The number of benzene rings is 1. The van der Waals surface area contributed by atoms with E-state index in [0.717, 1.165) is 23.7 Å². The zero-order valence-corrected chi connectivity index (χ0v) is 17.3. The first-order chi connectivity index (χ1) is 13.6. The molecule has 29 heavy (non-hydrogen) atoms. The predicted octanol–water partition coefficient (Wildman–Crippen LogP) is 5.18. The molecule has 8 heteroatoms. The lowest BCUT2D eigenvalue weighted by molar-refractivity contribution is 0.200. The van der Waals surface area contributed by atoms with Crippen LogP contribution in [0, 0.1) is 5.82 Å². The Kier molecular flexibility index (Phi) is 8.27. The summed E-state index contributed by atoms with van der Waals surface area (Å²) in [5.41, 5.74) is 4.81. The fourth-order valence-electron chi connectivity index (χ4n) is 3.02. The molecule has 2 N–H and O–H groups in total. The van der Waals surface area contributed by atoms with Crippen molar-refractivity contribution in [3.05, 3.63) is 60.3 Å². The summed E-state index contributed by atoms with van der Waals surface area (Å²) >= 11 is 0. The second kappa shape index (κ2) is 10.7. The Balaban J connectivity index is 0.00000300. The number of halogens is 2. The molecular formula is C21H26ClFN4O2. The van der Waals surface area contributed by atoms with E-state index in [-0.39, 0.29) is 24.3 Å². The largest absolute Gasteiger partial charge is 0.412 e. The van der Waals surface area contributed by atoms with Crippen LogP contribution in [0.1, 0.15) is 44.7 Å². The molecule has 1 atom stereocenters. The van der Waals surface area contributed by atoms with Crippen molar-refractivity contribution < 1.29 is 13.9 Å². The minimum atomic E-state index is -0.454. The molecule has 2 aromatic heterocycles. The monoisotopic (exact) mass is 420 g/mol. The molecule has 1 amide bonds. The van der Waals surface area contributed by atoms with Gasteiger partial charge in [0.2, 0.25) is 0 Å². The zero-order valence-electron chi connectivity index (χ0n) is 16.5. The molecule has 0 fully saturated rings.